The highest BCUT2D eigenvalue weighted by Gasteiger charge is 2.31. The summed E-state index contributed by atoms with van der Waals surface area (Å²) < 4.78 is 36.2. The summed E-state index contributed by atoms with van der Waals surface area (Å²) in [5.41, 5.74) is 2.45. The largest absolute Gasteiger partial charge is 0.459 e. The van der Waals surface area contributed by atoms with Crippen molar-refractivity contribution < 1.29 is 22.7 Å². The third kappa shape index (κ3) is 5.66. The second-order valence-corrected chi connectivity index (χ2v) is 12.6. The predicted molar refractivity (Wildman–Crippen MR) is 144 cm³/mol. The van der Waals surface area contributed by atoms with Crippen LogP contribution in [-0.4, -0.2) is 55.0 Å². The highest BCUT2D eigenvalue weighted by atomic mass is 32.2. The van der Waals surface area contributed by atoms with Crippen molar-refractivity contribution in [3.63, 3.8) is 0 Å². The van der Waals surface area contributed by atoms with Crippen molar-refractivity contribution in [2.75, 3.05) is 23.9 Å². The van der Waals surface area contributed by atoms with Crippen LogP contribution in [0.2, 0.25) is 0 Å². The molecule has 2 aromatic carbocycles. The number of likely N-dealkylation sites (tertiary alicyclic amines) is 1. The van der Waals surface area contributed by atoms with Crippen molar-refractivity contribution in [3.05, 3.63) is 59.3 Å². The number of aryl methyl sites for hydroxylation is 3. The number of rotatable bonds is 6. The number of nitrogens with zero attached hydrogens (tertiary/aromatic N) is 3. The van der Waals surface area contributed by atoms with Gasteiger partial charge in [-0.25, -0.2) is 8.42 Å². The molecule has 0 spiro atoms. The Kier molecular flexibility index (Phi) is 7.12. The molecule has 198 valence electrons. The van der Waals surface area contributed by atoms with Crippen molar-refractivity contribution in [2.45, 2.75) is 58.0 Å². The molecule has 1 aliphatic heterocycles. The average molecular weight is 526 g/mol. The smallest absolute Gasteiger partial charge is 0.327 e. The zero-order chi connectivity index (χ0) is 27.1. The summed E-state index contributed by atoms with van der Waals surface area (Å²) in [5, 5.41) is 0.740. The topological polar surface area (TPSA) is 88.9 Å². The van der Waals surface area contributed by atoms with E-state index in [2.05, 4.69) is 0 Å². The van der Waals surface area contributed by atoms with Crippen LogP contribution in [0, 0.1) is 13.8 Å². The fourth-order valence-electron chi connectivity index (χ4n) is 4.80. The van der Waals surface area contributed by atoms with Gasteiger partial charge in [0.2, 0.25) is 0 Å². The molecule has 1 aliphatic rings. The van der Waals surface area contributed by atoms with Gasteiger partial charge < -0.3 is 14.2 Å². The summed E-state index contributed by atoms with van der Waals surface area (Å²) in [7, 11) is -2.28. The van der Waals surface area contributed by atoms with Crippen LogP contribution in [-0.2, 0) is 26.6 Å². The first kappa shape index (κ1) is 26.7. The molecule has 8 nitrogen and oxygen atoms in total. The standard InChI is InChI=1S/C28H35N3O5S/c1-19-13-20(2)15-22(14-19)37(34,35)31(18-26(32)36-28(3,4)5)21-9-10-23-24(17-29(6)25(23)16-21)27(33)30-11-7-8-12-30/h9-10,13-17H,7-8,11-12,18H2,1-6H3. The lowest BCUT2D eigenvalue weighted by molar-refractivity contribution is -0.152. The van der Waals surface area contributed by atoms with E-state index in [0.717, 1.165) is 46.7 Å². The molecule has 4 rings (SSSR count). The molecule has 0 radical (unpaired) electrons. The van der Waals surface area contributed by atoms with E-state index in [-0.39, 0.29) is 10.8 Å². The number of anilines is 1. The van der Waals surface area contributed by atoms with Gasteiger partial charge in [-0.2, -0.15) is 0 Å². The lowest BCUT2D eigenvalue weighted by atomic mass is 10.1. The van der Waals surface area contributed by atoms with Crippen LogP contribution in [0.25, 0.3) is 10.9 Å². The SMILES string of the molecule is Cc1cc(C)cc(S(=O)(=O)N(CC(=O)OC(C)(C)C)c2ccc3c(C(=O)N4CCCC4)cn(C)c3c2)c1. The number of carbonyl (C=O) groups excluding carboxylic acids is 2. The van der Waals surface area contributed by atoms with Crippen molar-refractivity contribution in [1.29, 1.82) is 0 Å². The molecule has 0 bridgehead atoms. The van der Waals surface area contributed by atoms with E-state index < -0.39 is 28.1 Å². The van der Waals surface area contributed by atoms with Crippen LogP contribution in [0.1, 0.15) is 55.1 Å². The van der Waals surface area contributed by atoms with Gasteiger partial charge in [0, 0.05) is 31.7 Å². The maximum Gasteiger partial charge on any atom is 0.327 e. The molecule has 9 heteroatoms. The molecule has 0 N–H and O–H groups in total. The number of benzene rings is 2. The number of ether oxygens (including phenoxy) is 1. The number of hydrogen-bond donors (Lipinski definition) is 0. The number of amides is 1. The summed E-state index contributed by atoms with van der Waals surface area (Å²) in [5.74, 6) is -0.679. The van der Waals surface area contributed by atoms with Crippen molar-refractivity contribution in [2.24, 2.45) is 7.05 Å². The third-order valence-electron chi connectivity index (χ3n) is 6.36. The molecule has 1 aromatic heterocycles. The van der Waals surface area contributed by atoms with Crippen LogP contribution in [0.15, 0.2) is 47.5 Å². The maximum absolute atomic E-state index is 13.9. The van der Waals surface area contributed by atoms with Crippen LogP contribution in [0.4, 0.5) is 5.69 Å². The molecule has 0 saturated carbocycles. The van der Waals surface area contributed by atoms with Gasteiger partial charge in [-0.3, -0.25) is 13.9 Å². The Morgan fingerprint density at radius 3 is 2.22 bits per heavy atom. The highest BCUT2D eigenvalue weighted by Crippen LogP contribution is 2.31. The minimum absolute atomic E-state index is 0.0238. The zero-order valence-electron chi connectivity index (χ0n) is 22.4. The van der Waals surface area contributed by atoms with Crippen molar-refractivity contribution in [3.8, 4) is 0 Å². The van der Waals surface area contributed by atoms with Gasteiger partial charge >= 0.3 is 5.97 Å². The molecule has 1 amide bonds. The second kappa shape index (κ2) is 9.85. The van der Waals surface area contributed by atoms with Gasteiger partial charge in [-0.05, 0) is 88.9 Å². The number of esters is 1. The summed E-state index contributed by atoms with van der Waals surface area (Å²) in [6.45, 7) is 9.88. The lowest BCUT2D eigenvalue weighted by Gasteiger charge is -2.27. The summed E-state index contributed by atoms with van der Waals surface area (Å²) >= 11 is 0. The van der Waals surface area contributed by atoms with Crippen LogP contribution in [0.3, 0.4) is 0 Å². The fourth-order valence-corrected chi connectivity index (χ4v) is 6.39. The monoisotopic (exact) mass is 525 g/mol. The Labute approximate surface area is 218 Å². The first-order valence-electron chi connectivity index (χ1n) is 12.5. The summed E-state index contributed by atoms with van der Waals surface area (Å²) in [6, 6.07) is 10.2. The number of fused-ring (bicyclic) bond motifs is 1. The molecule has 0 aliphatic carbocycles. The number of carbonyl (C=O) groups is 2. The quantitative estimate of drug-likeness (QED) is 0.440. The lowest BCUT2D eigenvalue weighted by Crippen LogP contribution is -2.39. The molecule has 1 fully saturated rings. The number of aromatic nitrogens is 1. The van der Waals surface area contributed by atoms with Crippen LogP contribution < -0.4 is 4.31 Å². The van der Waals surface area contributed by atoms with E-state index in [1.807, 2.05) is 36.4 Å². The highest BCUT2D eigenvalue weighted by molar-refractivity contribution is 7.92. The Morgan fingerprint density at radius 1 is 1.00 bits per heavy atom. The zero-order valence-corrected chi connectivity index (χ0v) is 23.2. The average Bonchev–Trinajstić information content (AvgIpc) is 3.43. The number of hydrogen-bond acceptors (Lipinski definition) is 5. The van der Waals surface area contributed by atoms with Gasteiger partial charge in [0.05, 0.1) is 21.7 Å². The van der Waals surface area contributed by atoms with E-state index in [4.69, 9.17) is 4.74 Å². The third-order valence-corrected chi connectivity index (χ3v) is 8.11. The summed E-state index contributed by atoms with van der Waals surface area (Å²) in [4.78, 5) is 27.9. The first-order valence-corrected chi connectivity index (χ1v) is 13.9. The normalized spacial score (nSPS) is 14.3. The molecule has 1 saturated heterocycles. The van der Waals surface area contributed by atoms with Crippen molar-refractivity contribution in [1.82, 2.24) is 9.47 Å². The number of sulfonamides is 1. The first-order chi connectivity index (χ1) is 17.3. The van der Waals surface area contributed by atoms with Crippen LogP contribution >= 0.6 is 0 Å². The van der Waals surface area contributed by atoms with E-state index in [9.17, 15) is 18.0 Å². The molecule has 37 heavy (non-hydrogen) atoms. The van der Waals surface area contributed by atoms with Crippen LogP contribution in [0.5, 0.6) is 0 Å². The Hall–Kier alpha value is -3.33. The van der Waals surface area contributed by atoms with Gasteiger partial charge in [-0.15, -0.1) is 0 Å². The molecule has 3 aromatic rings. The van der Waals surface area contributed by atoms with E-state index >= 15 is 0 Å². The van der Waals surface area contributed by atoms with Gasteiger partial charge in [0.25, 0.3) is 15.9 Å². The van der Waals surface area contributed by atoms with Gasteiger partial charge in [0.15, 0.2) is 0 Å². The Balaban J connectivity index is 1.80. The Morgan fingerprint density at radius 2 is 1.62 bits per heavy atom. The fraction of sp³-hybridized carbons (Fsp3) is 0.429. The van der Waals surface area contributed by atoms with E-state index in [1.54, 1.807) is 57.3 Å². The molecule has 0 atom stereocenters. The van der Waals surface area contributed by atoms with Crippen molar-refractivity contribution >= 4 is 38.5 Å². The molecule has 2 heterocycles. The summed E-state index contributed by atoms with van der Waals surface area (Å²) in [6.07, 6.45) is 3.78. The minimum atomic E-state index is -4.11. The second-order valence-electron chi connectivity index (χ2n) is 10.8. The molecule has 0 unspecified atom stereocenters. The molecular weight excluding hydrogens is 490 g/mol. The minimum Gasteiger partial charge on any atom is -0.459 e. The predicted octanol–water partition coefficient (Wildman–Crippen LogP) is 4.57. The molecular formula is C28H35N3O5S. The van der Waals surface area contributed by atoms with Gasteiger partial charge in [-0.1, -0.05) is 6.07 Å². The Bertz CT molecular complexity index is 1440. The van der Waals surface area contributed by atoms with E-state index in [1.165, 1.54) is 0 Å². The van der Waals surface area contributed by atoms with E-state index in [0.29, 0.717) is 16.8 Å². The maximum atomic E-state index is 13.9. The van der Waals surface area contributed by atoms with Gasteiger partial charge in [0.1, 0.15) is 12.1 Å².